The predicted octanol–water partition coefficient (Wildman–Crippen LogP) is 2.34. The Balaban J connectivity index is 1.83. The summed E-state index contributed by atoms with van der Waals surface area (Å²) in [7, 11) is 1.90. The molecule has 3 unspecified atom stereocenters. The maximum atomic E-state index is 4.43. The molecule has 0 aromatic heterocycles. The summed E-state index contributed by atoms with van der Waals surface area (Å²) < 4.78 is 0. The molecule has 1 aliphatic heterocycles. The van der Waals surface area contributed by atoms with Crippen LogP contribution in [0.3, 0.4) is 0 Å². The predicted molar refractivity (Wildman–Crippen MR) is 73.2 cm³/mol. The molecule has 2 rings (SSSR count). The topological polar surface area (TPSA) is 27.6 Å². The van der Waals surface area contributed by atoms with Crippen LogP contribution in [0.2, 0.25) is 0 Å². The van der Waals surface area contributed by atoms with Crippen molar-refractivity contribution in [1.29, 1.82) is 0 Å². The van der Waals surface area contributed by atoms with E-state index in [0.717, 1.165) is 37.4 Å². The van der Waals surface area contributed by atoms with Gasteiger partial charge in [-0.3, -0.25) is 4.99 Å². The van der Waals surface area contributed by atoms with Crippen molar-refractivity contribution in [2.24, 2.45) is 22.2 Å². The lowest BCUT2D eigenvalue weighted by Gasteiger charge is -2.25. The van der Waals surface area contributed by atoms with Crippen LogP contribution in [-0.2, 0) is 0 Å². The number of hydrogen-bond donors (Lipinski definition) is 1. The number of nitrogens with one attached hydrogen (secondary N) is 1. The number of guanidine groups is 1. The number of likely N-dealkylation sites (tertiary alicyclic amines) is 1. The summed E-state index contributed by atoms with van der Waals surface area (Å²) in [4.78, 5) is 6.85. The average molecular weight is 237 g/mol. The van der Waals surface area contributed by atoms with Crippen LogP contribution in [-0.4, -0.2) is 37.5 Å². The van der Waals surface area contributed by atoms with Crippen molar-refractivity contribution in [3.8, 4) is 0 Å². The van der Waals surface area contributed by atoms with Crippen molar-refractivity contribution in [1.82, 2.24) is 10.2 Å². The van der Waals surface area contributed by atoms with Crippen molar-refractivity contribution in [2.75, 3.05) is 26.7 Å². The second kappa shape index (κ2) is 4.87. The van der Waals surface area contributed by atoms with Crippen LogP contribution in [0.15, 0.2) is 4.99 Å². The molecule has 0 spiro atoms. The molecule has 0 bridgehead atoms. The van der Waals surface area contributed by atoms with Crippen LogP contribution < -0.4 is 5.32 Å². The Morgan fingerprint density at radius 3 is 2.71 bits per heavy atom. The highest BCUT2D eigenvalue weighted by Gasteiger charge is 2.35. The van der Waals surface area contributed by atoms with E-state index >= 15 is 0 Å². The quantitative estimate of drug-likeness (QED) is 0.602. The van der Waals surface area contributed by atoms with Crippen molar-refractivity contribution in [3.63, 3.8) is 0 Å². The van der Waals surface area contributed by atoms with Crippen molar-refractivity contribution < 1.29 is 0 Å². The van der Waals surface area contributed by atoms with E-state index in [4.69, 9.17) is 0 Å². The number of aliphatic imine (C=N–C) groups is 1. The number of hydrogen-bond acceptors (Lipinski definition) is 1. The smallest absolute Gasteiger partial charge is 0.193 e. The minimum Gasteiger partial charge on any atom is -0.356 e. The Kier molecular flexibility index (Phi) is 3.64. The van der Waals surface area contributed by atoms with Gasteiger partial charge in [-0.1, -0.05) is 20.8 Å². The molecular formula is C14H27N3. The fourth-order valence-electron chi connectivity index (χ4n) is 2.73. The average Bonchev–Trinajstić information content (AvgIpc) is 2.87. The first-order chi connectivity index (χ1) is 8.08. The molecule has 3 nitrogen and oxygen atoms in total. The lowest BCUT2D eigenvalue weighted by atomic mass is 9.87. The normalized spacial score (nSPS) is 37.4. The third kappa shape index (κ3) is 2.93. The minimum absolute atomic E-state index is 0.491. The summed E-state index contributed by atoms with van der Waals surface area (Å²) in [6.07, 6.45) is 3.95. The summed E-state index contributed by atoms with van der Waals surface area (Å²) in [6.45, 7) is 10.4. The third-order valence-electron chi connectivity index (χ3n) is 4.72. The van der Waals surface area contributed by atoms with E-state index in [-0.39, 0.29) is 0 Å². The highest BCUT2D eigenvalue weighted by Crippen LogP contribution is 2.37. The van der Waals surface area contributed by atoms with Crippen LogP contribution in [0.4, 0.5) is 0 Å². The van der Waals surface area contributed by atoms with E-state index in [1.54, 1.807) is 0 Å². The van der Waals surface area contributed by atoms with Gasteiger partial charge >= 0.3 is 0 Å². The second-order valence-corrected chi connectivity index (χ2v) is 6.24. The van der Waals surface area contributed by atoms with Gasteiger partial charge in [0.15, 0.2) is 5.96 Å². The third-order valence-corrected chi connectivity index (χ3v) is 4.72. The summed E-state index contributed by atoms with van der Waals surface area (Å²) in [5.74, 6) is 2.91. The van der Waals surface area contributed by atoms with E-state index in [1.807, 2.05) is 7.05 Å². The molecule has 1 aliphatic carbocycles. The largest absolute Gasteiger partial charge is 0.356 e. The summed E-state index contributed by atoms with van der Waals surface area (Å²) in [6, 6.07) is 0. The maximum Gasteiger partial charge on any atom is 0.193 e. The van der Waals surface area contributed by atoms with Gasteiger partial charge in [0.05, 0.1) is 0 Å². The number of nitrogens with zero attached hydrogens (tertiary/aromatic N) is 2. The van der Waals surface area contributed by atoms with Gasteiger partial charge in [0, 0.05) is 26.7 Å². The van der Waals surface area contributed by atoms with E-state index in [0.29, 0.717) is 5.41 Å². The van der Waals surface area contributed by atoms with Gasteiger partial charge in [-0.2, -0.15) is 0 Å². The van der Waals surface area contributed by atoms with Crippen LogP contribution in [0.5, 0.6) is 0 Å². The first kappa shape index (κ1) is 12.7. The van der Waals surface area contributed by atoms with Crippen molar-refractivity contribution in [3.05, 3.63) is 0 Å². The molecule has 0 amide bonds. The lowest BCUT2D eigenvalue weighted by Crippen LogP contribution is -2.41. The highest BCUT2D eigenvalue weighted by atomic mass is 15.3. The van der Waals surface area contributed by atoms with E-state index in [1.165, 1.54) is 19.3 Å². The molecule has 17 heavy (non-hydrogen) atoms. The van der Waals surface area contributed by atoms with Gasteiger partial charge in [0.1, 0.15) is 0 Å². The standard InChI is InChI=1S/C14H27N3/c1-5-14(3)6-7-17(10-14)13(15-4)16-9-12-8-11(12)2/h11-12H,5-10H2,1-4H3,(H,15,16). The molecular weight excluding hydrogens is 210 g/mol. The molecule has 98 valence electrons. The van der Waals surface area contributed by atoms with Gasteiger partial charge in [-0.25, -0.2) is 0 Å². The van der Waals surface area contributed by atoms with Crippen LogP contribution in [0.25, 0.3) is 0 Å². The van der Waals surface area contributed by atoms with E-state index in [2.05, 4.69) is 36.0 Å². The molecule has 0 aromatic carbocycles. The van der Waals surface area contributed by atoms with Crippen LogP contribution in [0.1, 0.15) is 40.0 Å². The zero-order valence-electron chi connectivity index (χ0n) is 11.8. The van der Waals surface area contributed by atoms with Gasteiger partial charge in [-0.15, -0.1) is 0 Å². The Morgan fingerprint density at radius 2 is 2.24 bits per heavy atom. The molecule has 1 saturated heterocycles. The Hall–Kier alpha value is -0.730. The SMILES string of the molecule is CCC1(C)CCN(C(=NC)NCC2CC2C)C1. The first-order valence-corrected chi connectivity index (χ1v) is 7.03. The van der Waals surface area contributed by atoms with Gasteiger partial charge in [0.2, 0.25) is 0 Å². The Labute approximate surface area is 106 Å². The highest BCUT2D eigenvalue weighted by molar-refractivity contribution is 5.80. The molecule has 1 heterocycles. The molecule has 3 atom stereocenters. The monoisotopic (exact) mass is 237 g/mol. The van der Waals surface area contributed by atoms with E-state index < -0.39 is 0 Å². The lowest BCUT2D eigenvalue weighted by molar-refractivity contribution is 0.322. The first-order valence-electron chi connectivity index (χ1n) is 7.03. The fourth-order valence-corrected chi connectivity index (χ4v) is 2.73. The second-order valence-electron chi connectivity index (χ2n) is 6.24. The molecule has 1 saturated carbocycles. The summed E-state index contributed by atoms with van der Waals surface area (Å²) in [5, 5.41) is 3.54. The van der Waals surface area contributed by atoms with Crippen molar-refractivity contribution >= 4 is 5.96 Å². The molecule has 3 heteroatoms. The molecule has 1 N–H and O–H groups in total. The number of rotatable bonds is 3. The van der Waals surface area contributed by atoms with E-state index in [9.17, 15) is 0 Å². The molecule has 2 fully saturated rings. The Morgan fingerprint density at radius 1 is 1.53 bits per heavy atom. The molecule has 2 aliphatic rings. The summed E-state index contributed by atoms with van der Waals surface area (Å²) in [5.41, 5.74) is 0.491. The van der Waals surface area contributed by atoms with Crippen LogP contribution >= 0.6 is 0 Å². The Bertz CT molecular complexity index is 300. The van der Waals surface area contributed by atoms with Gasteiger partial charge < -0.3 is 10.2 Å². The van der Waals surface area contributed by atoms with Crippen LogP contribution in [0, 0.1) is 17.3 Å². The minimum atomic E-state index is 0.491. The molecule has 0 aromatic rings. The summed E-state index contributed by atoms with van der Waals surface area (Å²) >= 11 is 0. The van der Waals surface area contributed by atoms with Crippen molar-refractivity contribution in [2.45, 2.75) is 40.0 Å². The fraction of sp³-hybridized carbons (Fsp3) is 0.929. The zero-order valence-corrected chi connectivity index (χ0v) is 11.8. The maximum absolute atomic E-state index is 4.43. The molecule has 0 radical (unpaired) electrons. The zero-order chi connectivity index (χ0) is 12.5. The van der Waals surface area contributed by atoms with Gasteiger partial charge in [0.25, 0.3) is 0 Å². The van der Waals surface area contributed by atoms with Gasteiger partial charge in [-0.05, 0) is 36.5 Å².